The third-order valence-electron chi connectivity index (χ3n) is 4.20. The van der Waals surface area contributed by atoms with Crippen LogP contribution in [-0.2, 0) is 0 Å². The van der Waals surface area contributed by atoms with Crippen LogP contribution in [0.5, 0.6) is 0 Å². The topological polar surface area (TPSA) is 12.0 Å². The Kier molecular flexibility index (Phi) is 6.31. The Bertz CT molecular complexity index is 147. The second-order valence-electron chi connectivity index (χ2n) is 5.44. The molecule has 1 rings (SSSR count). The Balaban J connectivity index is 2.17. The van der Waals surface area contributed by atoms with Crippen molar-refractivity contribution in [1.29, 1.82) is 0 Å². The van der Waals surface area contributed by atoms with E-state index in [0.717, 1.165) is 11.8 Å². The molecular weight excluding hydrogens is 182 g/mol. The molecule has 0 radical (unpaired) electrons. The van der Waals surface area contributed by atoms with E-state index in [2.05, 4.69) is 26.1 Å². The van der Waals surface area contributed by atoms with Gasteiger partial charge in [0.15, 0.2) is 0 Å². The molecule has 2 atom stereocenters. The third-order valence-corrected chi connectivity index (χ3v) is 4.20. The number of hydrogen-bond donors (Lipinski definition) is 1. The van der Waals surface area contributed by atoms with Crippen molar-refractivity contribution in [3.05, 3.63) is 0 Å². The van der Waals surface area contributed by atoms with Gasteiger partial charge >= 0.3 is 0 Å². The fourth-order valence-corrected chi connectivity index (χ4v) is 2.48. The maximum absolute atomic E-state index is 3.73. The Labute approximate surface area is 96.0 Å². The van der Waals surface area contributed by atoms with E-state index in [-0.39, 0.29) is 0 Å². The summed E-state index contributed by atoms with van der Waals surface area (Å²) in [6.45, 7) is 8.23. The van der Waals surface area contributed by atoms with Crippen LogP contribution in [0.2, 0.25) is 0 Å². The molecule has 0 aliphatic heterocycles. The van der Waals surface area contributed by atoms with Crippen LogP contribution in [0, 0.1) is 11.8 Å². The molecule has 0 bridgehead atoms. The molecule has 1 fully saturated rings. The van der Waals surface area contributed by atoms with Gasteiger partial charge in [0.2, 0.25) is 0 Å². The van der Waals surface area contributed by atoms with Gasteiger partial charge in [0, 0.05) is 6.04 Å². The standard InChI is InChI=1S/C14H29N/c1-4-12(2)13(3)15-11-14-9-7-5-6-8-10-14/h12-15H,4-11H2,1-3H3. The molecule has 1 nitrogen and oxygen atoms in total. The van der Waals surface area contributed by atoms with E-state index >= 15 is 0 Å². The van der Waals surface area contributed by atoms with Gasteiger partial charge in [-0.2, -0.15) is 0 Å². The first-order valence-corrected chi connectivity index (χ1v) is 6.97. The predicted octanol–water partition coefficient (Wildman–Crippen LogP) is 3.98. The molecule has 1 saturated carbocycles. The monoisotopic (exact) mass is 211 g/mol. The summed E-state index contributed by atoms with van der Waals surface area (Å²) in [7, 11) is 0. The maximum Gasteiger partial charge on any atom is 0.00643 e. The summed E-state index contributed by atoms with van der Waals surface area (Å²) >= 11 is 0. The molecule has 0 spiro atoms. The molecule has 0 aromatic heterocycles. The normalized spacial score (nSPS) is 23.4. The van der Waals surface area contributed by atoms with Gasteiger partial charge in [0.05, 0.1) is 0 Å². The second-order valence-corrected chi connectivity index (χ2v) is 5.44. The second kappa shape index (κ2) is 7.27. The molecule has 1 heteroatoms. The van der Waals surface area contributed by atoms with Crippen LogP contribution < -0.4 is 5.32 Å². The highest BCUT2D eigenvalue weighted by molar-refractivity contribution is 4.72. The van der Waals surface area contributed by atoms with Crippen molar-refractivity contribution in [2.45, 2.75) is 71.8 Å². The van der Waals surface area contributed by atoms with E-state index in [0.29, 0.717) is 6.04 Å². The van der Waals surface area contributed by atoms with Gasteiger partial charge in [0.25, 0.3) is 0 Å². The molecule has 0 aromatic carbocycles. The van der Waals surface area contributed by atoms with Crippen LogP contribution in [0.15, 0.2) is 0 Å². The summed E-state index contributed by atoms with van der Waals surface area (Å²) in [4.78, 5) is 0. The average Bonchev–Trinajstić information content (AvgIpc) is 2.53. The smallest absolute Gasteiger partial charge is 0.00643 e. The highest BCUT2D eigenvalue weighted by Crippen LogP contribution is 2.22. The minimum atomic E-state index is 0.693. The van der Waals surface area contributed by atoms with E-state index in [1.165, 1.54) is 51.5 Å². The Morgan fingerprint density at radius 2 is 1.67 bits per heavy atom. The lowest BCUT2D eigenvalue weighted by molar-refractivity contribution is 0.341. The lowest BCUT2D eigenvalue weighted by Crippen LogP contribution is -2.35. The van der Waals surface area contributed by atoms with Crippen LogP contribution in [0.4, 0.5) is 0 Å². The number of hydrogen-bond acceptors (Lipinski definition) is 1. The van der Waals surface area contributed by atoms with Crippen molar-refractivity contribution in [1.82, 2.24) is 5.32 Å². The van der Waals surface area contributed by atoms with Gasteiger partial charge in [-0.05, 0) is 38.1 Å². The van der Waals surface area contributed by atoms with Crippen LogP contribution in [-0.4, -0.2) is 12.6 Å². The molecule has 15 heavy (non-hydrogen) atoms. The minimum absolute atomic E-state index is 0.693. The third kappa shape index (κ3) is 5.01. The van der Waals surface area contributed by atoms with Crippen molar-refractivity contribution >= 4 is 0 Å². The van der Waals surface area contributed by atoms with E-state index < -0.39 is 0 Å². The van der Waals surface area contributed by atoms with E-state index in [1.807, 2.05) is 0 Å². The van der Waals surface area contributed by atoms with Gasteiger partial charge < -0.3 is 5.32 Å². The Morgan fingerprint density at radius 1 is 1.07 bits per heavy atom. The molecule has 0 aromatic rings. The van der Waals surface area contributed by atoms with Crippen molar-refractivity contribution in [2.75, 3.05) is 6.54 Å². The van der Waals surface area contributed by atoms with Crippen molar-refractivity contribution in [3.63, 3.8) is 0 Å². The number of rotatable bonds is 5. The largest absolute Gasteiger partial charge is 0.314 e. The Hall–Kier alpha value is -0.0400. The summed E-state index contributed by atoms with van der Waals surface area (Å²) in [5, 5.41) is 3.73. The predicted molar refractivity (Wildman–Crippen MR) is 68.1 cm³/mol. The first-order valence-electron chi connectivity index (χ1n) is 6.97. The molecule has 2 unspecified atom stereocenters. The van der Waals surface area contributed by atoms with Crippen LogP contribution in [0.1, 0.15) is 65.7 Å². The first kappa shape index (κ1) is 13.0. The van der Waals surface area contributed by atoms with E-state index in [9.17, 15) is 0 Å². The molecular formula is C14H29N. The molecule has 1 N–H and O–H groups in total. The zero-order valence-corrected chi connectivity index (χ0v) is 10.9. The van der Waals surface area contributed by atoms with Gasteiger partial charge in [-0.3, -0.25) is 0 Å². The first-order chi connectivity index (χ1) is 7.24. The van der Waals surface area contributed by atoms with Crippen molar-refractivity contribution in [2.24, 2.45) is 11.8 Å². The zero-order chi connectivity index (χ0) is 11.1. The van der Waals surface area contributed by atoms with Gasteiger partial charge in [0.1, 0.15) is 0 Å². The van der Waals surface area contributed by atoms with Crippen molar-refractivity contribution < 1.29 is 0 Å². The molecule has 1 aliphatic rings. The summed E-state index contributed by atoms with van der Waals surface area (Å²) in [6, 6.07) is 0.693. The van der Waals surface area contributed by atoms with Crippen molar-refractivity contribution in [3.8, 4) is 0 Å². The molecule has 1 aliphatic carbocycles. The molecule has 0 saturated heterocycles. The fourth-order valence-electron chi connectivity index (χ4n) is 2.48. The fraction of sp³-hybridized carbons (Fsp3) is 1.00. The lowest BCUT2D eigenvalue weighted by Gasteiger charge is -2.23. The average molecular weight is 211 g/mol. The van der Waals surface area contributed by atoms with Crippen LogP contribution in [0.25, 0.3) is 0 Å². The molecule has 0 amide bonds. The maximum atomic E-state index is 3.73. The number of nitrogens with one attached hydrogen (secondary N) is 1. The summed E-state index contributed by atoms with van der Waals surface area (Å²) in [5.74, 6) is 1.77. The van der Waals surface area contributed by atoms with E-state index in [1.54, 1.807) is 0 Å². The highest BCUT2D eigenvalue weighted by Gasteiger charge is 2.15. The Morgan fingerprint density at radius 3 is 2.20 bits per heavy atom. The summed E-state index contributed by atoms with van der Waals surface area (Å²) in [5.41, 5.74) is 0. The minimum Gasteiger partial charge on any atom is -0.314 e. The van der Waals surface area contributed by atoms with Gasteiger partial charge in [-0.15, -0.1) is 0 Å². The van der Waals surface area contributed by atoms with E-state index in [4.69, 9.17) is 0 Å². The zero-order valence-electron chi connectivity index (χ0n) is 10.9. The van der Waals surface area contributed by atoms with Gasteiger partial charge in [-0.1, -0.05) is 46.0 Å². The molecule has 90 valence electrons. The SMILES string of the molecule is CCC(C)C(C)NCC1CCCCCC1. The van der Waals surface area contributed by atoms with Crippen LogP contribution in [0.3, 0.4) is 0 Å². The van der Waals surface area contributed by atoms with Gasteiger partial charge in [-0.25, -0.2) is 0 Å². The highest BCUT2D eigenvalue weighted by atomic mass is 14.9. The summed E-state index contributed by atoms with van der Waals surface area (Å²) < 4.78 is 0. The summed E-state index contributed by atoms with van der Waals surface area (Å²) in [6.07, 6.45) is 10.1. The van der Waals surface area contributed by atoms with Crippen LogP contribution >= 0.6 is 0 Å². The quantitative estimate of drug-likeness (QED) is 0.678. The lowest BCUT2D eigenvalue weighted by atomic mass is 9.97. The molecule has 0 heterocycles.